The van der Waals surface area contributed by atoms with Gasteiger partial charge in [0.25, 0.3) is 0 Å². The smallest absolute Gasteiger partial charge is 0.490 e. The number of aliphatic hydroxyl groups is 3. The largest absolute Gasteiger partial charge is 0.497 e. The number of methoxy groups -OCH3 is 1. The maximum atomic E-state index is 12.4. The third-order valence-electron chi connectivity index (χ3n) is 7.21. The van der Waals surface area contributed by atoms with Crippen LogP contribution in [-0.4, -0.2) is 111 Å². The second-order valence-corrected chi connectivity index (χ2v) is 17.2. The lowest BCUT2D eigenvalue weighted by molar-refractivity contribution is -0.115. The van der Waals surface area contributed by atoms with Crippen LogP contribution in [0.15, 0.2) is 36.9 Å². The number of aryl methyl sites for hydroxylation is 1. The standard InChI is InChI=1S/C23H33N5O20P4/c1-27-10-26-21-17(20(27)24)25-11-28(21)22-15(29)7-14(43-22)8-41-49(32,33)46-51(36,37)48-52(38,39)47-50(34,35)42-9-16-18(30)19(31)23(45-16)44-13-5-3-12(40-2)4-6-13/h3-6,10-11,14-16,18-19,22-24,29-31H,7-9H2,1-2H3,(H,32,33)(H,34,35)(H,36,37)(H,38,39)/t14-,15+,16+,18+,19+,22+,23+/m0/s1. The number of hydrogen-bond donors (Lipinski definition) is 8. The van der Waals surface area contributed by atoms with Crippen LogP contribution in [0.25, 0.3) is 11.2 Å². The molecule has 2 saturated heterocycles. The van der Waals surface area contributed by atoms with Gasteiger partial charge in [0.1, 0.15) is 41.4 Å². The Balaban J connectivity index is 1.10. The van der Waals surface area contributed by atoms with Crippen molar-refractivity contribution in [3.8, 4) is 11.5 Å². The number of benzene rings is 1. The van der Waals surface area contributed by atoms with E-state index in [0.717, 1.165) is 0 Å². The first-order valence-electron chi connectivity index (χ1n) is 14.5. The average molecular weight is 823 g/mol. The van der Waals surface area contributed by atoms with Crippen molar-refractivity contribution in [3.05, 3.63) is 42.4 Å². The van der Waals surface area contributed by atoms with Gasteiger partial charge in [0.15, 0.2) is 17.4 Å². The zero-order valence-corrected chi connectivity index (χ0v) is 30.2. The molecule has 5 rings (SSSR count). The first kappa shape index (κ1) is 40.7. The van der Waals surface area contributed by atoms with E-state index in [2.05, 4.69) is 31.9 Å². The maximum Gasteiger partial charge on any atom is 0.490 e. The van der Waals surface area contributed by atoms with E-state index in [1.54, 1.807) is 7.05 Å². The molecule has 0 spiro atoms. The van der Waals surface area contributed by atoms with E-state index in [-0.39, 0.29) is 28.8 Å². The molecule has 2 aromatic heterocycles. The molecule has 3 aromatic rings. The topological polar surface area (TPSA) is 352 Å². The van der Waals surface area contributed by atoms with Crippen LogP contribution in [0.3, 0.4) is 0 Å². The molecular weight excluding hydrogens is 790 g/mol. The van der Waals surface area contributed by atoms with Crippen molar-refractivity contribution in [1.82, 2.24) is 19.1 Å². The Morgan fingerprint density at radius 1 is 0.827 bits per heavy atom. The summed E-state index contributed by atoms with van der Waals surface area (Å²) in [6.07, 6.45) is -7.65. The molecule has 2 aliphatic rings. The second-order valence-electron chi connectivity index (χ2n) is 11.0. The molecule has 0 bridgehead atoms. The zero-order chi connectivity index (χ0) is 38.2. The van der Waals surface area contributed by atoms with Crippen LogP contribution < -0.4 is 15.0 Å². The predicted molar refractivity (Wildman–Crippen MR) is 166 cm³/mol. The van der Waals surface area contributed by atoms with E-state index in [1.807, 2.05) is 0 Å². The molecule has 29 heteroatoms. The number of hydrogen-bond acceptors (Lipinski definition) is 19. The van der Waals surface area contributed by atoms with Crippen molar-refractivity contribution in [2.24, 2.45) is 7.05 Å². The first-order chi connectivity index (χ1) is 24.2. The summed E-state index contributed by atoms with van der Waals surface area (Å²) < 4.78 is 94.2. The van der Waals surface area contributed by atoms with Gasteiger partial charge < -0.3 is 58.4 Å². The van der Waals surface area contributed by atoms with Crippen molar-refractivity contribution in [2.45, 2.75) is 49.5 Å². The molecule has 52 heavy (non-hydrogen) atoms. The van der Waals surface area contributed by atoms with Crippen LogP contribution in [0.4, 0.5) is 0 Å². The Kier molecular flexibility index (Phi) is 12.3. The highest BCUT2D eigenvalue weighted by molar-refractivity contribution is 7.69. The monoisotopic (exact) mass is 823 g/mol. The van der Waals surface area contributed by atoms with E-state index in [0.29, 0.717) is 5.75 Å². The van der Waals surface area contributed by atoms with Gasteiger partial charge in [0, 0.05) is 13.5 Å². The maximum absolute atomic E-state index is 12.4. The van der Waals surface area contributed by atoms with E-state index in [9.17, 15) is 53.2 Å². The average Bonchev–Trinajstić information content (AvgIpc) is 3.71. The van der Waals surface area contributed by atoms with Crippen LogP contribution >= 0.6 is 31.3 Å². The summed E-state index contributed by atoms with van der Waals surface area (Å²) in [4.78, 5) is 47.8. The van der Waals surface area contributed by atoms with Crippen molar-refractivity contribution < 1.29 is 94.1 Å². The lowest BCUT2D eigenvalue weighted by Crippen LogP contribution is -2.35. The van der Waals surface area contributed by atoms with Gasteiger partial charge in [-0.15, -0.1) is 0 Å². The summed E-state index contributed by atoms with van der Waals surface area (Å²) in [5.74, 6) is 0.666. The fraction of sp³-hybridized carbons (Fsp3) is 0.522. The molecule has 4 unspecified atom stereocenters. The fourth-order valence-corrected chi connectivity index (χ4v) is 9.81. The number of imidazole rings is 1. The number of ether oxygens (including phenoxy) is 4. The predicted octanol–water partition coefficient (Wildman–Crippen LogP) is -0.0834. The Labute approximate surface area is 291 Å². The van der Waals surface area contributed by atoms with Gasteiger partial charge in [-0.1, -0.05) is 0 Å². The van der Waals surface area contributed by atoms with Gasteiger partial charge >= 0.3 is 31.3 Å². The number of aromatic nitrogens is 4. The molecule has 11 atom stereocenters. The molecule has 2 aliphatic heterocycles. The SMILES string of the molecule is COc1ccc(O[C@@H]2O[C@H](COP(=O)(O)OP(=O)(O)OP(=O)(O)OP(=O)(O)OC[C@@H]3C[C@@H](O)[C@H](n4cnc5c(=N)n(C)cnc54)O3)[C@@H](O)[C@H]2O)cc1. The minimum absolute atomic E-state index is 0.0160. The third-order valence-corrected chi connectivity index (χ3v) is 13.1. The van der Waals surface area contributed by atoms with Crippen LogP contribution in [0.5, 0.6) is 11.5 Å². The first-order valence-corrected chi connectivity index (χ1v) is 20.5. The molecule has 1 aromatic carbocycles. The van der Waals surface area contributed by atoms with Gasteiger partial charge in [0.2, 0.25) is 6.29 Å². The minimum Gasteiger partial charge on any atom is -0.497 e. The molecule has 290 valence electrons. The molecule has 2 fully saturated rings. The quantitative estimate of drug-likeness (QED) is 0.0875. The van der Waals surface area contributed by atoms with Gasteiger partial charge in [-0.25, -0.2) is 28.2 Å². The summed E-state index contributed by atoms with van der Waals surface area (Å²) in [5.41, 5.74) is 0.388. The Morgan fingerprint density at radius 3 is 2.02 bits per heavy atom. The van der Waals surface area contributed by atoms with E-state index >= 15 is 0 Å². The van der Waals surface area contributed by atoms with Gasteiger partial charge in [-0.05, 0) is 24.3 Å². The lowest BCUT2D eigenvalue weighted by Gasteiger charge is -2.21. The molecule has 0 aliphatic carbocycles. The van der Waals surface area contributed by atoms with E-state index in [4.69, 9.17) is 24.4 Å². The molecular formula is C23H33N5O20P4. The van der Waals surface area contributed by atoms with Crippen molar-refractivity contribution in [1.29, 1.82) is 5.41 Å². The number of nitrogens with one attached hydrogen (secondary N) is 1. The van der Waals surface area contributed by atoms with Crippen molar-refractivity contribution >= 4 is 42.5 Å². The normalized spacial score (nSPS) is 29.6. The summed E-state index contributed by atoms with van der Waals surface area (Å²) in [7, 11) is -20.6. The summed E-state index contributed by atoms with van der Waals surface area (Å²) in [5, 5.41) is 39.1. The van der Waals surface area contributed by atoms with Crippen molar-refractivity contribution in [2.75, 3.05) is 20.3 Å². The van der Waals surface area contributed by atoms with Crippen LogP contribution in [0.1, 0.15) is 12.6 Å². The molecule has 25 nitrogen and oxygen atoms in total. The molecule has 0 saturated carbocycles. The molecule has 0 amide bonds. The molecule has 4 heterocycles. The highest BCUT2D eigenvalue weighted by atomic mass is 31.3. The third kappa shape index (κ3) is 9.98. The van der Waals surface area contributed by atoms with Gasteiger partial charge in [-0.2, -0.15) is 12.9 Å². The van der Waals surface area contributed by atoms with E-state index in [1.165, 1.54) is 53.2 Å². The number of phosphoric ester groups is 2. The summed E-state index contributed by atoms with van der Waals surface area (Å²) >= 11 is 0. The van der Waals surface area contributed by atoms with Crippen LogP contribution in [-0.2, 0) is 56.8 Å². The summed E-state index contributed by atoms with van der Waals surface area (Å²) in [6.45, 7) is -1.92. The van der Waals surface area contributed by atoms with Gasteiger partial charge in [0.05, 0.1) is 39.1 Å². The Bertz CT molecular complexity index is 2000. The molecule has 8 N–H and O–H groups in total. The van der Waals surface area contributed by atoms with E-state index < -0.39 is 87.5 Å². The van der Waals surface area contributed by atoms with Crippen LogP contribution in [0, 0.1) is 5.41 Å². The molecule has 0 radical (unpaired) electrons. The number of aliphatic hydroxyl groups excluding tert-OH is 3. The number of rotatable bonds is 16. The van der Waals surface area contributed by atoms with Gasteiger partial charge in [-0.3, -0.25) is 19.0 Å². The summed E-state index contributed by atoms with van der Waals surface area (Å²) in [6, 6.07) is 5.95. The number of nitrogens with zero attached hydrogens (tertiary/aromatic N) is 4. The second kappa shape index (κ2) is 15.7. The highest BCUT2D eigenvalue weighted by Crippen LogP contribution is 2.71. The zero-order valence-electron chi connectivity index (χ0n) is 26.6. The van der Waals surface area contributed by atoms with Crippen molar-refractivity contribution in [3.63, 3.8) is 0 Å². The van der Waals surface area contributed by atoms with Crippen LogP contribution in [0.2, 0.25) is 0 Å². The minimum atomic E-state index is -6.12. The lowest BCUT2D eigenvalue weighted by atomic mass is 10.1. The number of phosphoric acid groups is 4. The highest BCUT2D eigenvalue weighted by Gasteiger charge is 2.49. The Hall–Kier alpha value is -2.47. The Morgan fingerprint density at radius 2 is 1.40 bits per heavy atom. The number of fused-ring (bicyclic) bond motifs is 1. The fourth-order valence-electron chi connectivity index (χ4n) is 4.84.